The molecule has 0 fully saturated rings. The predicted octanol–water partition coefficient (Wildman–Crippen LogP) is 4.58. The van der Waals surface area contributed by atoms with Gasteiger partial charge in [-0.1, -0.05) is 0 Å². The third kappa shape index (κ3) is 3.66. The molecule has 0 saturated carbocycles. The van der Waals surface area contributed by atoms with Crippen LogP contribution >= 0.6 is 43.2 Å². The molecule has 0 saturated heterocycles. The monoisotopic (exact) mass is 437 g/mol. The fourth-order valence-corrected chi connectivity index (χ4v) is 3.33. The van der Waals surface area contributed by atoms with Crippen molar-refractivity contribution < 1.29 is 18.8 Å². The van der Waals surface area contributed by atoms with Gasteiger partial charge in [0.1, 0.15) is 5.82 Å². The number of nitrogens with zero attached hydrogens (tertiary/aromatic N) is 1. The molecule has 9 heteroatoms. The fourth-order valence-electron chi connectivity index (χ4n) is 1.48. The molecule has 0 aliphatic carbocycles. The van der Waals surface area contributed by atoms with E-state index in [0.29, 0.717) is 9.35 Å². The molecule has 0 aliphatic heterocycles. The van der Waals surface area contributed by atoms with E-state index in [1.807, 2.05) is 0 Å². The molecule has 2 rings (SSSR count). The SMILES string of the molecule is O=C(COc1cc(F)c(Br)cc1[N+](=O)[O-])c1sccc1Br. The van der Waals surface area contributed by atoms with Gasteiger partial charge in [0.15, 0.2) is 6.61 Å². The topological polar surface area (TPSA) is 69.4 Å². The zero-order chi connectivity index (χ0) is 15.6. The summed E-state index contributed by atoms with van der Waals surface area (Å²) in [7, 11) is 0. The molecule has 5 nitrogen and oxygen atoms in total. The van der Waals surface area contributed by atoms with Gasteiger partial charge in [0.2, 0.25) is 11.5 Å². The number of hydrogen-bond donors (Lipinski definition) is 0. The molecule has 0 spiro atoms. The van der Waals surface area contributed by atoms with E-state index in [1.165, 1.54) is 11.3 Å². The van der Waals surface area contributed by atoms with Crippen LogP contribution in [0.2, 0.25) is 0 Å². The van der Waals surface area contributed by atoms with Gasteiger partial charge >= 0.3 is 5.69 Å². The van der Waals surface area contributed by atoms with Gasteiger partial charge in [-0.15, -0.1) is 11.3 Å². The number of thiophene rings is 1. The Labute approximate surface area is 139 Å². The first kappa shape index (κ1) is 16.1. The van der Waals surface area contributed by atoms with Crippen molar-refractivity contribution in [2.24, 2.45) is 0 Å². The third-order valence-electron chi connectivity index (χ3n) is 2.43. The first-order valence-corrected chi connectivity index (χ1v) is 7.89. The second-order valence-electron chi connectivity index (χ2n) is 3.80. The summed E-state index contributed by atoms with van der Waals surface area (Å²) in [5.74, 6) is -1.35. The Morgan fingerprint density at radius 1 is 1.38 bits per heavy atom. The summed E-state index contributed by atoms with van der Waals surface area (Å²) in [5.41, 5.74) is -0.415. The second kappa shape index (κ2) is 6.63. The maximum absolute atomic E-state index is 13.4. The number of carbonyl (C=O) groups is 1. The number of ketones is 1. The number of hydrogen-bond acceptors (Lipinski definition) is 5. The highest BCUT2D eigenvalue weighted by molar-refractivity contribution is 9.10. The molecule has 0 aliphatic rings. The van der Waals surface area contributed by atoms with Crippen molar-refractivity contribution in [3.63, 3.8) is 0 Å². The zero-order valence-electron chi connectivity index (χ0n) is 10.1. The Morgan fingerprint density at radius 2 is 2.10 bits per heavy atom. The van der Waals surface area contributed by atoms with Crippen LogP contribution in [0.1, 0.15) is 9.67 Å². The summed E-state index contributed by atoms with van der Waals surface area (Å²) in [6.45, 7) is -0.416. The van der Waals surface area contributed by atoms with E-state index in [2.05, 4.69) is 31.9 Å². The largest absolute Gasteiger partial charge is 0.478 e. The van der Waals surface area contributed by atoms with Crippen LogP contribution in [0.3, 0.4) is 0 Å². The second-order valence-corrected chi connectivity index (χ2v) is 6.43. The summed E-state index contributed by atoms with van der Waals surface area (Å²) in [6.07, 6.45) is 0. The third-order valence-corrected chi connectivity index (χ3v) is 4.91. The quantitative estimate of drug-likeness (QED) is 0.389. The van der Waals surface area contributed by atoms with Gasteiger partial charge in [-0.2, -0.15) is 0 Å². The minimum atomic E-state index is -0.708. The molecule has 1 heterocycles. The number of halogens is 3. The smallest absolute Gasteiger partial charge is 0.312 e. The molecule has 0 bridgehead atoms. The van der Waals surface area contributed by atoms with Crippen molar-refractivity contribution >= 4 is 54.7 Å². The van der Waals surface area contributed by atoms with Gasteiger partial charge in [-0.25, -0.2) is 4.39 Å². The number of ether oxygens (including phenoxy) is 1. The molecular formula is C12H6Br2FNO4S. The lowest BCUT2D eigenvalue weighted by Gasteiger charge is -2.07. The zero-order valence-corrected chi connectivity index (χ0v) is 14.1. The first-order chi connectivity index (χ1) is 9.90. The summed E-state index contributed by atoms with van der Waals surface area (Å²) in [5, 5.41) is 12.6. The number of nitro groups is 1. The molecular weight excluding hydrogens is 433 g/mol. The van der Waals surface area contributed by atoms with Crippen LogP contribution in [0, 0.1) is 15.9 Å². The fraction of sp³-hybridized carbons (Fsp3) is 0.0833. The van der Waals surface area contributed by atoms with E-state index in [1.54, 1.807) is 11.4 Å². The number of Topliss-reactive ketones (excluding diaryl/α,β-unsaturated/α-hetero) is 1. The summed E-state index contributed by atoms with van der Waals surface area (Å²) in [4.78, 5) is 22.6. The van der Waals surface area contributed by atoms with E-state index in [4.69, 9.17) is 4.74 Å². The number of carbonyl (C=O) groups excluding carboxylic acids is 1. The van der Waals surface area contributed by atoms with E-state index < -0.39 is 23.0 Å². The number of nitro benzene ring substituents is 1. The van der Waals surface area contributed by atoms with Crippen LogP contribution in [0.15, 0.2) is 32.5 Å². The van der Waals surface area contributed by atoms with Crippen LogP contribution in [-0.4, -0.2) is 17.3 Å². The molecule has 21 heavy (non-hydrogen) atoms. The summed E-state index contributed by atoms with van der Waals surface area (Å²) >= 11 is 7.29. The minimum absolute atomic E-state index is 0.0473. The lowest BCUT2D eigenvalue weighted by molar-refractivity contribution is -0.385. The Hall–Kier alpha value is -1.32. The van der Waals surface area contributed by atoms with Gasteiger partial charge < -0.3 is 4.74 Å². The summed E-state index contributed by atoms with van der Waals surface area (Å²) in [6, 6.07) is 3.58. The molecule has 0 amide bonds. The molecule has 1 aromatic carbocycles. The standard InChI is InChI=1S/C12H6Br2FNO4S/c13-6-1-2-21-12(6)10(17)5-20-11-4-8(15)7(14)3-9(11)16(18)19/h1-4H,5H2. The lowest BCUT2D eigenvalue weighted by Crippen LogP contribution is -2.11. The Morgan fingerprint density at radius 3 is 2.67 bits per heavy atom. The molecule has 110 valence electrons. The van der Waals surface area contributed by atoms with E-state index >= 15 is 0 Å². The van der Waals surface area contributed by atoms with Crippen LogP contribution in [0.5, 0.6) is 5.75 Å². The first-order valence-electron chi connectivity index (χ1n) is 5.42. The maximum atomic E-state index is 13.4. The van der Waals surface area contributed by atoms with E-state index in [0.717, 1.165) is 12.1 Å². The van der Waals surface area contributed by atoms with Crippen LogP contribution in [0.25, 0.3) is 0 Å². The van der Waals surface area contributed by atoms with Crippen molar-refractivity contribution in [1.29, 1.82) is 0 Å². The molecule has 0 N–H and O–H groups in total. The Kier molecular flexibility index (Phi) is 5.07. The van der Waals surface area contributed by atoms with E-state index in [-0.39, 0.29) is 16.0 Å². The highest BCUT2D eigenvalue weighted by atomic mass is 79.9. The van der Waals surface area contributed by atoms with Crippen molar-refractivity contribution in [1.82, 2.24) is 0 Å². The van der Waals surface area contributed by atoms with Crippen LogP contribution < -0.4 is 4.74 Å². The van der Waals surface area contributed by atoms with Crippen molar-refractivity contribution in [2.75, 3.05) is 6.61 Å². The number of benzene rings is 1. The van der Waals surface area contributed by atoms with Gasteiger partial charge in [0, 0.05) is 16.6 Å². The van der Waals surface area contributed by atoms with Gasteiger partial charge in [-0.3, -0.25) is 14.9 Å². The van der Waals surface area contributed by atoms with Crippen molar-refractivity contribution in [3.05, 3.63) is 53.3 Å². The molecule has 2 aromatic rings. The van der Waals surface area contributed by atoms with Crippen molar-refractivity contribution in [3.8, 4) is 5.75 Å². The highest BCUT2D eigenvalue weighted by Gasteiger charge is 2.21. The highest BCUT2D eigenvalue weighted by Crippen LogP contribution is 2.33. The molecule has 1 aromatic heterocycles. The van der Waals surface area contributed by atoms with Crippen molar-refractivity contribution in [2.45, 2.75) is 0 Å². The Bertz CT molecular complexity index is 719. The van der Waals surface area contributed by atoms with Gasteiger partial charge in [-0.05, 0) is 43.3 Å². The van der Waals surface area contributed by atoms with Gasteiger partial charge in [0.05, 0.1) is 14.3 Å². The van der Waals surface area contributed by atoms with E-state index in [9.17, 15) is 19.3 Å². The Balaban J connectivity index is 2.20. The number of rotatable bonds is 5. The van der Waals surface area contributed by atoms with Crippen LogP contribution in [0.4, 0.5) is 10.1 Å². The average molecular weight is 439 g/mol. The van der Waals surface area contributed by atoms with Crippen LogP contribution in [-0.2, 0) is 0 Å². The molecule has 0 radical (unpaired) electrons. The molecule has 0 atom stereocenters. The predicted molar refractivity (Wildman–Crippen MR) is 82.6 cm³/mol. The molecule has 0 unspecified atom stereocenters. The lowest BCUT2D eigenvalue weighted by atomic mass is 10.3. The van der Waals surface area contributed by atoms with Gasteiger partial charge in [0.25, 0.3) is 0 Å². The average Bonchev–Trinajstić information content (AvgIpc) is 2.85. The maximum Gasteiger partial charge on any atom is 0.312 e. The summed E-state index contributed by atoms with van der Waals surface area (Å²) < 4.78 is 19.1. The normalized spacial score (nSPS) is 10.4. The minimum Gasteiger partial charge on any atom is -0.478 e.